The molecule has 6 heteroatoms. The summed E-state index contributed by atoms with van der Waals surface area (Å²) in [5.41, 5.74) is 0.525. The molecule has 134 valence electrons. The summed E-state index contributed by atoms with van der Waals surface area (Å²) in [5, 5.41) is 7.63. The second kappa shape index (κ2) is 7.40. The zero-order chi connectivity index (χ0) is 17.9. The van der Waals surface area contributed by atoms with Crippen LogP contribution in [0.15, 0.2) is 30.6 Å². The number of aromatic nitrogens is 2. The van der Waals surface area contributed by atoms with Crippen molar-refractivity contribution >= 4 is 23.6 Å². The SMILES string of the molecule is CCCCNc1cnc2n1C=CNC2(CC)c1ccc(OC)cc1Cl. The van der Waals surface area contributed by atoms with Crippen molar-refractivity contribution in [2.75, 3.05) is 19.0 Å². The number of rotatable bonds is 7. The number of unbranched alkanes of at least 4 members (excludes halogenated alkanes) is 1. The summed E-state index contributed by atoms with van der Waals surface area (Å²) in [7, 11) is 1.64. The third kappa shape index (κ3) is 3.09. The fraction of sp³-hybridized carbons (Fsp3) is 0.421. The quantitative estimate of drug-likeness (QED) is 0.716. The average molecular weight is 361 g/mol. The lowest BCUT2D eigenvalue weighted by molar-refractivity contribution is 0.399. The van der Waals surface area contributed by atoms with Crippen LogP contribution in [0.25, 0.3) is 6.20 Å². The summed E-state index contributed by atoms with van der Waals surface area (Å²) in [5.74, 6) is 2.68. The Kier molecular flexibility index (Phi) is 5.23. The van der Waals surface area contributed by atoms with E-state index in [1.807, 2.05) is 36.8 Å². The number of anilines is 1. The van der Waals surface area contributed by atoms with Gasteiger partial charge in [0, 0.05) is 24.5 Å². The Bertz CT molecular complexity index is 771. The molecule has 2 N–H and O–H groups in total. The van der Waals surface area contributed by atoms with E-state index in [0.717, 1.165) is 48.8 Å². The van der Waals surface area contributed by atoms with Gasteiger partial charge in [-0.25, -0.2) is 4.98 Å². The maximum absolute atomic E-state index is 6.59. The number of halogens is 1. The molecule has 1 atom stereocenters. The number of methoxy groups -OCH3 is 1. The van der Waals surface area contributed by atoms with E-state index in [2.05, 4.69) is 29.0 Å². The standard InChI is InChI=1S/C19H25ClN4O/c1-4-6-9-21-17-13-22-18-19(5-2,23-10-11-24(17)18)15-8-7-14(25-3)12-16(15)20/h7-8,10-13,21,23H,4-6,9H2,1-3H3. The van der Waals surface area contributed by atoms with Crippen LogP contribution in [-0.4, -0.2) is 23.2 Å². The molecule has 1 aromatic heterocycles. The lowest BCUT2D eigenvalue weighted by atomic mass is 9.85. The topological polar surface area (TPSA) is 51.1 Å². The van der Waals surface area contributed by atoms with Gasteiger partial charge in [-0.1, -0.05) is 37.9 Å². The van der Waals surface area contributed by atoms with Crippen molar-refractivity contribution in [1.29, 1.82) is 0 Å². The Morgan fingerprint density at radius 3 is 2.88 bits per heavy atom. The van der Waals surface area contributed by atoms with Gasteiger partial charge < -0.3 is 15.4 Å². The van der Waals surface area contributed by atoms with Gasteiger partial charge in [-0.2, -0.15) is 0 Å². The number of nitrogens with zero attached hydrogens (tertiary/aromatic N) is 2. The minimum absolute atomic E-state index is 0.469. The molecule has 3 rings (SSSR count). The van der Waals surface area contributed by atoms with Gasteiger partial charge in [-0.15, -0.1) is 0 Å². The number of benzene rings is 1. The summed E-state index contributed by atoms with van der Waals surface area (Å²) in [6.07, 6.45) is 8.96. The van der Waals surface area contributed by atoms with Crippen molar-refractivity contribution < 1.29 is 4.74 Å². The predicted octanol–water partition coefficient (Wildman–Crippen LogP) is 4.44. The fourth-order valence-corrected chi connectivity index (χ4v) is 3.62. The van der Waals surface area contributed by atoms with E-state index in [1.165, 1.54) is 0 Å². The highest BCUT2D eigenvalue weighted by Gasteiger charge is 2.39. The Morgan fingerprint density at radius 1 is 1.36 bits per heavy atom. The lowest BCUT2D eigenvalue weighted by Gasteiger charge is -2.36. The second-order valence-corrected chi connectivity index (χ2v) is 6.59. The number of hydrogen-bond donors (Lipinski definition) is 2. The van der Waals surface area contributed by atoms with Crippen LogP contribution >= 0.6 is 11.6 Å². The largest absolute Gasteiger partial charge is 0.497 e. The van der Waals surface area contributed by atoms with E-state index in [9.17, 15) is 0 Å². The first kappa shape index (κ1) is 17.7. The lowest BCUT2D eigenvalue weighted by Crippen LogP contribution is -2.44. The smallest absolute Gasteiger partial charge is 0.144 e. The van der Waals surface area contributed by atoms with Crippen molar-refractivity contribution in [3.05, 3.63) is 47.0 Å². The summed E-state index contributed by atoms with van der Waals surface area (Å²) in [6.45, 7) is 5.26. The molecule has 0 bridgehead atoms. The number of ether oxygens (including phenoxy) is 1. The van der Waals surface area contributed by atoms with Gasteiger partial charge in [-0.3, -0.25) is 4.57 Å². The molecular formula is C19H25ClN4O. The highest BCUT2D eigenvalue weighted by Crippen LogP contribution is 2.40. The fourth-order valence-electron chi connectivity index (χ4n) is 3.29. The van der Waals surface area contributed by atoms with E-state index in [-0.39, 0.29) is 0 Å². The molecule has 0 fully saturated rings. The molecule has 2 aromatic rings. The molecule has 0 spiro atoms. The van der Waals surface area contributed by atoms with Gasteiger partial charge in [-0.05, 0) is 25.0 Å². The number of nitrogens with one attached hydrogen (secondary N) is 2. The minimum atomic E-state index is -0.469. The number of imidazole rings is 1. The number of hydrogen-bond acceptors (Lipinski definition) is 4. The molecule has 1 aromatic carbocycles. The molecule has 25 heavy (non-hydrogen) atoms. The van der Waals surface area contributed by atoms with Crippen LogP contribution in [0.1, 0.15) is 44.5 Å². The zero-order valence-corrected chi connectivity index (χ0v) is 15.7. The van der Waals surface area contributed by atoms with Crippen LogP contribution < -0.4 is 15.4 Å². The summed E-state index contributed by atoms with van der Waals surface area (Å²) in [4.78, 5) is 4.72. The van der Waals surface area contributed by atoms with E-state index >= 15 is 0 Å². The van der Waals surface area contributed by atoms with E-state index < -0.39 is 5.54 Å². The van der Waals surface area contributed by atoms with Crippen molar-refractivity contribution in [1.82, 2.24) is 14.9 Å². The molecule has 1 aliphatic heterocycles. The van der Waals surface area contributed by atoms with Crippen molar-refractivity contribution in [2.45, 2.75) is 38.6 Å². The molecule has 0 saturated carbocycles. The first-order valence-electron chi connectivity index (χ1n) is 8.76. The average Bonchev–Trinajstić information content (AvgIpc) is 3.05. The van der Waals surface area contributed by atoms with E-state index in [0.29, 0.717) is 5.02 Å². The van der Waals surface area contributed by atoms with Crippen molar-refractivity contribution in [3.8, 4) is 5.75 Å². The van der Waals surface area contributed by atoms with Crippen LogP contribution in [-0.2, 0) is 5.54 Å². The van der Waals surface area contributed by atoms with Crippen LogP contribution in [0.5, 0.6) is 5.75 Å². The normalized spacial score (nSPS) is 18.6. The van der Waals surface area contributed by atoms with Gasteiger partial charge in [0.25, 0.3) is 0 Å². The van der Waals surface area contributed by atoms with E-state index in [4.69, 9.17) is 21.3 Å². The minimum Gasteiger partial charge on any atom is -0.497 e. The zero-order valence-electron chi connectivity index (χ0n) is 15.0. The van der Waals surface area contributed by atoms with Crippen molar-refractivity contribution in [3.63, 3.8) is 0 Å². The molecule has 0 amide bonds. The molecule has 0 radical (unpaired) electrons. The highest BCUT2D eigenvalue weighted by atomic mass is 35.5. The van der Waals surface area contributed by atoms with Crippen LogP contribution in [0.2, 0.25) is 5.02 Å². The third-order valence-electron chi connectivity index (χ3n) is 4.73. The predicted molar refractivity (Wildman–Crippen MR) is 103 cm³/mol. The Morgan fingerprint density at radius 2 is 2.20 bits per heavy atom. The van der Waals surface area contributed by atoms with Gasteiger partial charge in [0.05, 0.1) is 18.3 Å². The molecule has 0 saturated heterocycles. The molecule has 5 nitrogen and oxygen atoms in total. The number of fused-ring (bicyclic) bond motifs is 1. The Hall–Kier alpha value is -2.14. The Labute approximate surface area is 154 Å². The van der Waals surface area contributed by atoms with Gasteiger partial charge >= 0.3 is 0 Å². The molecular weight excluding hydrogens is 336 g/mol. The van der Waals surface area contributed by atoms with E-state index in [1.54, 1.807) is 7.11 Å². The summed E-state index contributed by atoms with van der Waals surface area (Å²) in [6, 6.07) is 5.80. The third-order valence-corrected chi connectivity index (χ3v) is 5.05. The monoisotopic (exact) mass is 360 g/mol. The van der Waals surface area contributed by atoms with Crippen LogP contribution in [0, 0.1) is 0 Å². The maximum atomic E-state index is 6.59. The Balaban J connectivity index is 2.03. The first-order chi connectivity index (χ1) is 12.2. The van der Waals surface area contributed by atoms with Crippen molar-refractivity contribution in [2.24, 2.45) is 0 Å². The van der Waals surface area contributed by atoms with Gasteiger partial charge in [0.2, 0.25) is 0 Å². The maximum Gasteiger partial charge on any atom is 0.144 e. The molecule has 1 aliphatic rings. The molecule has 0 aliphatic carbocycles. The van der Waals surface area contributed by atoms with Gasteiger partial charge in [0.15, 0.2) is 0 Å². The van der Waals surface area contributed by atoms with Crippen LogP contribution in [0.3, 0.4) is 0 Å². The highest BCUT2D eigenvalue weighted by molar-refractivity contribution is 6.31. The molecule has 1 unspecified atom stereocenters. The first-order valence-corrected chi connectivity index (χ1v) is 9.14. The second-order valence-electron chi connectivity index (χ2n) is 6.18. The van der Waals surface area contributed by atoms with Gasteiger partial charge in [0.1, 0.15) is 22.9 Å². The molecule has 2 heterocycles. The van der Waals surface area contributed by atoms with Crippen LogP contribution in [0.4, 0.5) is 5.82 Å². The summed E-state index contributed by atoms with van der Waals surface area (Å²) < 4.78 is 7.39. The summed E-state index contributed by atoms with van der Waals surface area (Å²) >= 11 is 6.59.